The molecule has 0 radical (unpaired) electrons. The zero-order valence-electron chi connectivity index (χ0n) is 14.6. The van der Waals surface area contributed by atoms with Gasteiger partial charge in [-0.2, -0.15) is 0 Å². The fraction of sp³-hybridized carbons (Fsp3) is 0.579. The third-order valence-corrected chi connectivity index (χ3v) is 4.78. The minimum atomic E-state index is 0.304. The number of fused-ring (bicyclic) bond motifs is 1. The van der Waals surface area contributed by atoms with Crippen LogP contribution in [0.25, 0.3) is 0 Å². The number of rotatable bonds is 5. The van der Waals surface area contributed by atoms with Gasteiger partial charge in [0.15, 0.2) is 5.96 Å². The van der Waals surface area contributed by atoms with Crippen LogP contribution in [0, 0.1) is 0 Å². The summed E-state index contributed by atoms with van der Waals surface area (Å²) >= 11 is 0. The largest absolute Gasteiger partial charge is 0.357 e. The Bertz CT molecular complexity index is 599. The maximum absolute atomic E-state index is 11.6. The third-order valence-electron chi connectivity index (χ3n) is 4.78. The predicted molar refractivity (Wildman–Crippen MR) is 97.0 cm³/mol. The van der Waals surface area contributed by atoms with Crippen molar-refractivity contribution in [3.05, 3.63) is 35.4 Å². The molecule has 1 N–H and O–H groups in total. The van der Waals surface area contributed by atoms with Crippen LogP contribution in [0.4, 0.5) is 0 Å². The SMILES string of the molecule is CCNC(=NCCCN1CCCC1=O)N1CCc2ccccc2C1. The van der Waals surface area contributed by atoms with Crippen LogP contribution in [0.1, 0.15) is 37.3 Å². The van der Waals surface area contributed by atoms with Gasteiger partial charge in [0.1, 0.15) is 0 Å². The van der Waals surface area contributed by atoms with Crippen molar-refractivity contribution in [2.24, 2.45) is 4.99 Å². The van der Waals surface area contributed by atoms with E-state index in [1.54, 1.807) is 0 Å². The lowest BCUT2D eigenvalue weighted by Crippen LogP contribution is -2.44. The molecule has 2 heterocycles. The highest BCUT2D eigenvalue weighted by molar-refractivity contribution is 5.80. The number of hydrogen-bond donors (Lipinski definition) is 1. The molecule has 130 valence electrons. The van der Waals surface area contributed by atoms with E-state index in [0.717, 1.165) is 70.9 Å². The first-order valence-electron chi connectivity index (χ1n) is 9.15. The van der Waals surface area contributed by atoms with Gasteiger partial charge in [0, 0.05) is 45.7 Å². The topological polar surface area (TPSA) is 47.9 Å². The second-order valence-electron chi connectivity index (χ2n) is 6.51. The number of carbonyl (C=O) groups is 1. The van der Waals surface area contributed by atoms with Crippen LogP contribution in [0.5, 0.6) is 0 Å². The smallest absolute Gasteiger partial charge is 0.222 e. The first-order valence-corrected chi connectivity index (χ1v) is 9.15. The normalized spacial score (nSPS) is 18.0. The van der Waals surface area contributed by atoms with Gasteiger partial charge in [-0.3, -0.25) is 9.79 Å². The molecule has 0 unspecified atom stereocenters. The highest BCUT2D eigenvalue weighted by atomic mass is 16.2. The van der Waals surface area contributed by atoms with Crippen molar-refractivity contribution < 1.29 is 4.79 Å². The summed E-state index contributed by atoms with van der Waals surface area (Å²) in [5.41, 5.74) is 2.86. The Morgan fingerprint density at radius 3 is 2.79 bits per heavy atom. The van der Waals surface area contributed by atoms with Crippen LogP contribution in [0.2, 0.25) is 0 Å². The Balaban J connectivity index is 1.55. The molecule has 0 atom stereocenters. The summed E-state index contributed by atoms with van der Waals surface area (Å²) in [6, 6.07) is 8.67. The van der Waals surface area contributed by atoms with Crippen LogP contribution in [0.3, 0.4) is 0 Å². The molecule has 24 heavy (non-hydrogen) atoms. The van der Waals surface area contributed by atoms with Crippen LogP contribution in [-0.4, -0.2) is 54.4 Å². The second-order valence-corrected chi connectivity index (χ2v) is 6.51. The molecule has 1 aromatic rings. The molecule has 5 heteroatoms. The number of nitrogens with zero attached hydrogens (tertiary/aromatic N) is 3. The molecule has 2 aliphatic rings. The van der Waals surface area contributed by atoms with Crippen molar-refractivity contribution in [1.82, 2.24) is 15.1 Å². The average Bonchev–Trinajstić information content (AvgIpc) is 3.02. The lowest BCUT2D eigenvalue weighted by atomic mass is 10.0. The molecule has 0 saturated carbocycles. The monoisotopic (exact) mass is 328 g/mol. The van der Waals surface area contributed by atoms with E-state index in [-0.39, 0.29) is 0 Å². The van der Waals surface area contributed by atoms with Gasteiger partial charge < -0.3 is 15.1 Å². The first-order chi connectivity index (χ1) is 11.8. The van der Waals surface area contributed by atoms with Gasteiger partial charge >= 0.3 is 0 Å². The minimum Gasteiger partial charge on any atom is -0.357 e. The zero-order chi connectivity index (χ0) is 16.8. The fourth-order valence-corrected chi connectivity index (χ4v) is 3.49. The molecule has 1 saturated heterocycles. The molecule has 0 bridgehead atoms. The number of nitrogens with one attached hydrogen (secondary N) is 1. The fourth-order valence-electron chi connectivity index (χ4n) is 3.49. The van der Waals surface area contributed by atoms with Gasteiger partial charge in [-0.25, -0.2) is 0 Å². The molecule has 1 fully saturated rings. The van der Waals surface area contributed by atoms with Crippen molar-refractivity contribution in [3.63, 3.8) is 0 Å². The van der Waals surface area contributed by atoms with E-state index in [4.69, 9.17) is 4.99 Å². The van der Waals surface area contributed by atoms with Crippen molar-refractivity contribution in [2.45, 2.75) is 39.2 Å². The number of aliphatic imine (C=N–C) groups is 1. The number of amides is 1. The summed E-state index contributed by atoms with van der Waals surface area (Å²) in [4.78, 5) is 20.7. The van der Waals surface area contributed by atoms with Gasteiger partial charge in [-0.15, -0.1) is 0 Å². The Hall–Kier alpha value is -2.04. The lowest BCUT2D eigenvalue weighted by molar-refractivity contribution is -0.127. The number of hydrogen-bond acceptors (Lipinski definition) is 2. The highest BCUT2D eigenvalue weighted by Crippen LogP contribution is 2.18. The molecule has 0 spiro atoms. The van der Waals surface area contributed by atoms with Crippen molar-refractivity contribution in [3.8, 4) is 0 Å². The van der Waals surface area contributed by atoms with E-state index in [1.165, 1.54) is 11.1 Å². The van der Waals surface area contributed by atoms with Crippen LogP contribution < -0.4 is 5.32 Å². The van der Waals surface area contributed by atoms with Crippen LogP contribution in [-0.2, 0) is 17.8 Å². The molecule has 2 aliphatic heterocycles. The number of carbonyl (C=O) groups excluding carboxylic acids is 1. The minimum absolute atomic E-state index is 0.304. The zero-order valence-corrected chi connectivity index (χ0v) is 14.6. The van der Waals surface area contributed by atoms with E-state index < -0.39 is 0 Å². The first kappa shape index (κ1) is 16.8. The van der Waals surface area contributed by atoms with E-state index in [9.17, 15) is 4.79 Å². The molecule has 0 aliphatic carbocycles. The van der Waals surface area contributed by atoms with Crippen molar-refractivity contribution in [2.75, 3.05) is 32.7 Å². The van der Waals surface area contributed by atoms with Gasteiger partial charge in [-0.1, -0.05) is 24.3 Å². The van der Waals surface area contributed by atoms with Gasteiger partial charge in [0.25, 0.3) is 0 Å². The number of benzene rings is 1. The molecule has 5 nitrogen and oxygen atoms in total. The van der Waals surface area contributed by atoms with E-state index >= 15 is 0 Å². The quantitative estimate of drug-likeness (QED) is 0.511. The Labute approximate surface area is 144 Å². The summed E-state index contributed by atoms with van der Waals surface area (Å²) in [5, 5.41) is 3.42. The van der Waals surface area contributed by atoms with Crippen molar-refractivity contribution >= 4 is 11.9 Å². The molecule has 1 aromatic carbocycles. The highest BCUT2D eigenvalue weighted by Gasteiger charge is 2.20. The van der Waals surface area contributed by atoms with Crippen molar-refractivity contribution in [1.29, 1.82) is 0 Å². The maximum Gasteiger partial charge on any atom is 0.222 e. The number of likely N-dealkylation sites (tertiary alicyclic amines) is 1. The van der Waals surface area contributed by atoms with E-state index in [2.05, 4.69) is 41.4 Å². The third kappa shape index (κ3) is 4.08. The van der Waals surface area contributed by atoms with E-state index in [1.807, 2.05) is 4.90 Å². The standard InChI is InChI=1S/C19H28N4O/c1-2-20-19(21-11-6-13-22-12-5-9-18(22)24)23-14-10-16-7-3-4-8-17(16)15-23/h3-4,7-8H,2,5-6,9-15H2,1H3,(H,20,21). The van der Waals surface area contributed by atoms with Gasteiger partial charge in [-0.05, 0) is 37.3 Å². The summed E-state index contributed by atoms with van der Waals surface area (Å²) in [6.07, 6.45) is 3.74. The number of guanidine groups is 1. The molecule has 1 amide bonds. The summed E-state index contributed by atoms with van der Waals surface area (Å²) < 4.78 is 0. The Morgan fingerprint density at radius 2 is 2.04 bits per heavy atom. The van der Waals surface area contributed by atoms with Gasteiger partial charge in [0.2, 0.25) is 5.91 Å². The Morgan fingerprint density at radius 1 is 1.21 bits per heavy atom. The Kier molecular flexibility index (Phi) is 5.72. The molecular formula is C19H28N4O. The molecule has 0 aromatic heterocycles. The maximum atomic E-state index is 11.6. The summed E-state index contributed by atoms with van der Waals surface area (Å²) in [5.74, 6) is 1.30. The van der Waals surface area contributed by atoms with Crippen LogP contribution in [0.15, 0.2) is 29.3 Å². The lowest BCUT2D eigenvalue weighted by Gasteiger charge is -2.31. The predicted octanol–water partition coefficient (Wildman–Crippen LogP) is 2.02. The second kappa shape index (κ2) is 8.18. The van der Waals surface area contributed by atoms with Gasteiger partial charge in [0.05, 0.1) is 0 Å². The molecule has 3 rings (SSSR count). The summed E-state index contributed by atoms with van der Waals surface area (Å²) in [6.45, 7) is 7.44. The molecular weight excluding hydrogens is 300 g/mol. The average molecular weight is 328 g/mol. The van der Waals surface area contributed by atoms with E-state index in [0.29, 0.717) is 5.91 Å². The summed E-state index contributed by atoms with van der Waals surface area (Å²) in [7, 11) is 0. The van der Waals surface area contributed by atoms with Crippen LogP contribution >= 0.6 is 0 Å².